The molecule has 1 atom stereocenters. The van der Waals surface area contributed by atoms with Crippen molar-refractivity contribution in [3.05, 3.63) is 33.9 Å². The fourth-order valence-electron chi connectivity index (χ4n) is 1.19. The van der Waals surface area contributed by atoms with E-state index in [1.54, 1.807) is 13.8 Å². The van der Waals surface area contributed by atoms with E-state index in [9.17, 15) is 15.2 Å². The molecule has 0 radical (unpaired) electrons. The Labute approximate surface area is 105 Å². The number of hydrogen-bond donors (Lipinski definition) is 1. The minimum absolute atomic E-state index is 0.0454. The van der Waals surface area contributed by atoms with Gasteiger partial charge in [0.25, 0.3) is 0 Å². The number of nitrogens with zero attached hydrogens (tertiary/aromatic N) is 2. The molecular formula is C12H14N2O4. The molecule has 0 saturated carbocycles. The number of nitro benzene ring substituents is 1. The molecule has 1 N–H and O–H groups in total. The molecule has 0 spiro atoms. The number of aliphatic hydroxyl groups is 1. The minimum Gasteiger partial charge on any atom is -0.484 e. The lowest BCUT2D eigenvalue weighted by atomic mass is 10.1. The minimum atomic E-state index is -1.04. The highest BCUT2D eigenvalue weighted by atomic mass is 16.6. The van der Waals surface area contributed by atoms with Crippen molar-refractivity contribution in [2.24, 2.45) is 0 Å². The van der Waals surface area contributed by atoms with Crippen LogP contribution in [-0.2, 0) is 0 Å². The van der Waals surface area contributed by atoms with E-state index in [1.165, 1.54) is 12.1 Å². The summed E-state index contributed by atoms with van der Waals surface area (Å²) in [6.07, 6.45) is 0.469. The number of nitriles is 1. The molecule has 0 aliphatic rings. The molecule has 0 bridgehead atoms. The van der Waals surface area contributed by atoms with Gasteiger partial charge in [-0.25, -0.2) is 0 Å². The summed E-state index contributed by atoms with van der Waals surface area (Å²) in [6.45, 7) is 3.33. The van der Waals surface area contributed by atoms with E-state index < -0.39 is 10.5 Å². The molecule has 18 heavy (non-hydrogen) atoms. The number of nitro groups is 1. The van der Waals surface area contributed by atoms with Gasteiger partial charge in [-0.15, -0.1) is 0 Å². The molecule has 1 aromatic carbocycles. The molecule has 96 valence electrons. The van der Waals surface area contributed by atoms with E-state index in [4.69, 9.17) is 10.00 Å². The van der Waals surface area contributed by atoms with Crippen LogP contribution in [0.3, 0.4) is 0 Å². The lowest BCUT2D eigenvalue weighted by Gasteiger charge is -2.21. The summed E-state index contributed by atoms with van der Waals surface area (Å²) < 4.78 is 5.25. The maximum absolute atomic E-state index is 10.8. The summed E-state index contributed by atoms with van der Waals surface area (Å²) in [5.41, 5.74) is -1.13. The van der Waals surface area contributed by atoms with Crippen LogP contribution in [0.15, 0.2) is 18.2 Å². The maximum atomic E-state index is 10.8. The Morgan fingerprint density at radius 3 is 2.78 bits per heavy atom. The van der Waals surface area contributed by atoms with Crippen molar-refractivity contribution in [2.75, 3.05) is 6.61 Å². The molecule has 0 fully saturated rings. The fraction of sp³-hybridized carbons (Fsp3) is 0.417. The van der Waals surface area contributed by atoms with Crippen LogP contribution < -0.4 is 4.74 Å². The van der Waals surface area contributed by atoms with Crippen LogP contribution in [0.25, 0.3) is 0 Å². The first-order valence-electron chi connectivity index (χ1n) is 5.43. The smallest absolute Gasteiger partial charge is 0.312 e. The van der Waals surface area contributed by atoms with Crippen molar-refractivity contribution in [3.63, 3.8) is 0 Å². The van der Waals surface area contributed by atoms with E-state index in [1.807, 2.05) is 6.07 Å². The van der Waals surface area contributed by atoms with Gasteiger partial charge in [0, 0.05) is 6.07 Å². The Bertz CT molecular complexity index is 491. The molecule has 0 aliphatic heterocycles. The van der Waals surface area contributed by atoms with E-state index in [-0.39, 0.29) is 23.6 Å². The first kappa shape index (κ1) is 13.9. The summed E-state index contributed by atoms with van der Waals surface area (Å²) >= 11 is 0. The van der Waals surface area contributed by atoms with Gasteiger partial charge in [0.15, 0.2) is 5.75 Å². The second-order valence-corrected chi connectivity index (χ2v) is 4.19. The van der Waals surface area contributed by atoms with Gasteiger partial charge >= 0.3 is 5.69 Å². The Balaban J connectivity index is 2.96. The molecule has 0 heterocycles. The first-order chi connectivity index (χ1) is 8.39. The fourth-order valence-corrected chi connectivity index (χ4v) is 1.19. The number of benzene rings is 1. The van der Waals surface area contributed by atoms with E-state index in [2.05, 4.69) is 0 Å². The van der Waals surface area contributed by atoms with Gasteiger partial charge in [-0.3, -0.25) is 10.1 Å². The highest BCUT2D eigenvalue weighted by Gasteiger charge is 2.22. The second-order valence-electron chi connectivity index (χ2n) is 4.19. The molecule has 1 rings (SSSR count). The Morgan fingerprint density at radius 1 is 1.61 bits per heavy atom. The molecule has 6 nitrogen and oxygen atoms in total. The summed E-state index contributed by atoms with van der Waals surface area (Å²) in [6, 6.07) is 5.77. The Kier molecular flexibility index (Phi) is 4.23. The van der Waals surface area contributed by atoms with Crippen LogP contribution in [-0.4, -0.2) is 22.2 Å². The second kappa shape index (κ2) is 5.47. The van der Waals surface area contributed by atoms with Crippen LogP contribution in [0.4, 0.5) is 5.69 Å². The average molecular weight is 250 g/mol. The zero-order valence-electron chi connectivity index (χ0n) is 10.2. The monoisotopic (exact) mass is 250 g/mol. The topological polar surface area (TPSA) is 96.4 Å². The average Bonchev–Trinajstić information content (AvgIpc) is 2.36. The van der Waals surface area contributed by atoms with Crippen molar-refractivity contribution < 1.29 is 14.8 Å². The Morgan fingerprint density at radius 2 is 2.28 bits per heavy atom. The molecule has 6 heteroatoms. The number of ether oxygens (including phenoxy) is 1. The lowest BCUT2D eigenvalue weighted by Crippen LogP contribution is -2.31. The van der Waals surface area contributed by atoms with Crippen molar-refractivity contribution in [2.45, 2.75) is 25.9 Å². The highest BCUT2D eigenvalue weighted by molar-refractivity contribution is 5.51. The first-order valence-corrected chi connectivity index (χ1v) is 5.43. The summed E-state index contributed by atoms with van der Waals surface area (Å²) in [7, 11) is 0. The third kappa shape index (κ3) is 3.43. The van der Waals surface area contributed by atoms with Crippen LogP contribution >= 0.6 is 0 Å². The van der Waals surface area contributed by atoms with Crippen LogP contribution in [0.1, 0.15) is 25.8 Å². The summed E-state index contributed by atoms with van der Waals surface area (Å²) in [5.74, 6) is 0.0488. The van der Waals surface area contributed by atoms with Crippen LogP contribution in [0.2, 0.25) is 0 Å². The van der Waals surface area contributed by atoms with Crippen molar-refractivity contribution >= 4 is 5.69 Å². The van der Waals surface area contributed by atoms with Gasteiger partial charge in [-0.1, -0.05) is 6.92 Å². The zero-order valence-corrected chi connectivity index (χ0v) is 10.2. The van der Waals surface area contributed by atoms with Gasteiger partial charge in [-0.2, -0.15) is 5.26 Å². The van der Waals surface area contributed by atoms with Gasteiger partial charge < -0.3 is 9.84 Å². The van der Waals surface area contributed by atoms with Gasteiger partial charge in [0.1, 0.15) is 6.61 Å². The summed E-state index contributed by atoms with van der Waals surface area (Å²) in [5, 5.41) is 29.3. The third-order valence-corrected chi connectivity index (χ3v) is 2.59. The molecule has 0 amide bonds. The normalized spacial score (nSPS) is 13.4. The van der Waals surface area contributed by atoms with Crippen LogP contribution in [0, 0.1) is 21.4 Å². The van der Waals surface area contributed by atoms with Crippen molar-refractivity contribution in [1.82, 2.24) is 0 Å². The molecule has 0 aromatic heterocycles. The molecular weight excluding hydrogens is 236 g/mol. The highest BCUT2D eigenvalue weighted by Crippen LogP contribution is 2.28. The van der Waals surface area contributed by atoms with E-state index in [0.29, 0.717) is 6.42 Å². The van der Waals surface area contributed by atoms with E-state index in [0.717, 1.165) is 6.07 Å². The number of hydrogen-bond acceptors (Lipinski definition) is 5. The Hall–Kier alpha value is -2.13. The molecule has 0 aliphatic carbocycles. The number of rotatable bonds is 5. The predicted molar refractivity (Wildman–Crippen MR) is 64.2 cm³/mol. The van der Waals surface area contributed by atoms with Gasteiger partial charge in [0.05, 0.1) is 22.2 Å². The zero-order chi connectivity index (χ0) is 13.8. The van der Waals surface area contributed by atoms with Crippen molar-refractivity contribution in [1.29, 1.82) is 5.26 Å². The molecule has 1 unspecified atom stereocenters. The van der Waals surface area contributed by atoms with E-state index >= 15 is 0 Å². The van der Waals surface area contributed by atoms with Gasteiger partial charge in [-0.05, 0) is 25.5 Å². The maximum Gasteiger partial charge on any atom is 0.312 e. The summed E-state index contributed by atoms with van der Waals surface area (Å²) in [4.78, 5) is 10.2. The van der Waals surface area contributed by atoms with Crippen LogP contribution in [0.5, 0.6) is 5.75 Å². The van der Waals surface area contributed by atoms with Crippen molar-refractivity contribution in [3.8, 4) is 11.8 Å². The standard InChI is InChI=1S/C12H14N2O4/c1-3-12(2,15)8-18-11-5-4-9(7-13)6-10(11)14(16)17/h4-6,15H,3,8H2,1-2H3. The molecule has 1 aromatic rings. The lowest BCUT2D eigenvalue weighted by molar-refractivity contribution is -0.386. The SMILES string of the molecule is CCC(C)(O)COc1ccc(C#N)cc1[N+](=O)[O-]. The quantitative estimate of drug-likeness (QED) is 0.636. The largest absolute Gasteiger partial charge is 0.484 e. The molecule has 0 saturated heterocycles. The predicted octanol–water partition coefficient (Wildman–Crippen LogP) is 2.01. The third-order valence-electron chi connectivity index (χ3n) is 2.59. The van der Waals surface area contributed by atoms with Gasteiger partial charge in [0.2, 0.25) is 0 Å².